The van der Waals surface area contributed by atoms with Crippen LogP contribution in [-0.2, 0) is 4.79 Å². The summed E-state index contributed by atoms with van der Waals surface area (Å²) in [5.74, 6) is -0.130. The third-order valence-electron chi connectivity index (χ3n) is 4.67. The highest BCUT2D eigenvalue weighted by molar-refractivity contribution is 6.30. The lowest BCUT2D eigenvalue weighted by atomic mass is 10.0. The van der Waals surface area contributed by atoms with Crippen LogP contribution in [0.25, 0.3) is 0 Å². The highest BCUT2D eigenvalue weighted by atomic mass is 35.5. The summed E-state index contributed by atoms with van der Waals surface area (Å²) in [6.45, 7) is 1.91. The maximum absolute atomic E-state index is 13.1. The molecule has 24 heavy (non-hydrogen) atoms. The SMILES string of the molecule is CC12CCC(=O)N1c1ccccc1C(=O)N2Nc1cccc(Cl)c1. The van der Waals surface area contributed by atoms with E-state index in [9.17, 15) is 9.59 Å². The molecule has 0 radical (unpaired) electrons. The maximum Gasteiger partial charge on any atom is 0.276 e. The normalized spacial score (nSPS) is 22.4. The minimum absolute atomic E-state index is 0.0235. The molecule has 1 atom stereocenters. The molecule has 1 fully saturated rings. The van der Waals surface area contributed by atoms with E-state index in [-0.39, 0.29) is 11.8 Å². The smallest absolute Gasteiger partial charge is 0.276 e. The van der Waals surface area contributed by atoms with Crippen LogP contribution < -0.4 is 10.3 Å². The van der Waals surface area contributed by atoms with Crippen molar-refractivity contribution in [2.24, 2.45) is 0 Å². The van der Waals surface area contributed by atoms with Gasteiger partial charge >= 0.3 is 0 Å². The fourth-order valence-electron chi connectivity index (χ4n) is 3.49. The average molecular weight is 342 g/mol. The largest absolute Gasteiger partial charge is 0.294 e. The predicted molar refractivity (Wildman–Crippen MR) is 92.8 cm³/mol. The molecule has 0 bridgehead atoms. The zero-order valence-electron chi connectivity index (χ0n) is 13.1. The van der Waals surface area contributed by atoms with Gasteiger partial charge in [0.25, 0.3) is 5.91 Å². The van der Waals surface area contributed by atoms with Crippen LogP contribution in [0.5, 0.6) is 0 Å². The Morgan fingerprint density at radius 3 is 2.71 bits per heavy atom. The molecular weight excluding hydrogens is 326 g/mol. The van der Waals surface area contributed by atoms with Crippen molar-refractivity contribution in [3.63, 3.8) is 0 Å². The molecule has 5 nitrogen and oxygen atoms in total. The Morgan fingerprint density at radius 1 is 1.12 bits per heavy atom. The van der Waals surface area contributed by atoms with E-state index in [2.05, 4.69) is 5.43 Å². The van der Waals surface area contributed by atoms with E-state index in [0.29, 0.717) is 34.8 Å². The molecule has 0 aromatic heterocycles. The Kier molecular flexibility index (Phi) is 3.28. The fraction of sp³-hybridized carbons (Fsp3) is 0.222. The van der Waals surface area contributed by atoms with Crippen molar-refractivity contribution in [3.05, 3.63) is 59.1 Å². The number of hydrogen-bond acceptors (Lipinski definition) is 3. The minimum atomic E-state index is -0.745. The molecule has 6 heteroatoms. The third kappa shape index (κ3) is 2.08. The number of amides is 2. The molecule has 0 saturated carbocycles. The van der Waals surface area contributed by atoms with Crippen LogP contribution in [0.2, 0.25) is 5.02 Å². The van der Waals surface area contributed by atoms with Crippen molar-refractivity contribution < 1.29 is 9.59 Å². The third-order valence-corrected chi connectivity index (χ3v) is 4.90. The van der Waals surface area contributed by atoms with Crippen LogP contribution >= 0.6 is 11.6 Å². The number of benzene rings is 2. The Bertz CT molecular complexity index is 854. The zero-order valence-corrected chi connectivity index (χ0v) is 13.9. The van der Waals surface area contributed by atoms with Crippen molar-refractivity contribution in [1.29, 1.82) is 0 Å². The summed E-state index contributed by atoms with van der Waals surface area (Å²) in [5.41, 5.74) is 4.30. The van der Waals surface area contributed by atoms with Crippen LogP contribution in [0.3, 0.4) is 0 Å². The molecule has 0 aliphatic carbocycles. The molecule has 2 aliphatic heterocycles. The Balaban J connectivity index is 1.82. The average Bonchev–Trinajstić information content (AvgIpc) is 2.88. The van der Waals surface area contributed by atoms with Crippen molar-refractivity contribution >= 4 is 34.8 Å². The van der Waals surface area contributed by atoms with E-state index >= 15 is 0 Å². The zero-order chi connectivity index (χ0) is 16.9. The van der Waals surface area contributed by atoms with Crippen molar-refractivity contribution in [3.8, 4) is 0 Å². The molecule has 0 spiro atoms. The first kappa shape index (κ1) is 15.0. The van der Waals surface area contributed by atoms with Gasteiger partial charge < -0.3 is 0 Å². The summed E-state index contributed by atoms with van der Waals surface area (Å²) in [4.78, 5) is 27.3. The lowest BCUT2D eigenvalue weighted by Crippen LogP contribution is -2.64. The summed E-state index contributed by atoms with van der Waals surface area (Å²) in [7, 11) is 0. The van der Waals surface area contributed by atoms with Gasteiger partial charge in [-0.3, -0.25) is 19.9 Å². The van der Waals surface area contributed by atoms with Crippen LogP contribution in [0.15, 0.2) is 48.5 Å². The molecule has 2 aromatic carbocycles. The van der Waals surface area contributed by atoms with Gasteiger partial charge in [-0.15, -0.1) is 0 Å². The van der Waals surface area contributed by atoms with E-state index in [4.69, 9.17) is 11.6 Å². The number of hydrazine groups is 1. The van der Waals surface area contributed by atoms with Gasteiger partial charge in [0.2, 0.25) is 5.91 Å². The summed E-state index contributed by atoms with van der Waals surface area (Å²) in [5, 5.41) is 2.13. The standard InChI is InChI=1S/C18H16ClN3O2/c1-18-10-9-16(23)21(18)15-8-3-2-7-14(15)17(24)22(18)20-13-6-4-5-12(19)11-13/h2-8,11,20H,9-10H2,1H3. The van der Waals surface area contributed by atoms with Gasteiger partial charge in [-0.25, -0.2) is 5.01 Å². The van der Waals surface area contributed by atoms with E-state index in [1.165, 1.54) is 0 Å². The molecule has 2 heterocycles. The first-order chi connectivity index (χ1) is 11.5. The van der Waals surface area contributed by atoms with E-state index in [1.54, 1.807) is 34.2 Å². The minimum Gasteiger partial charge on any atom is -0.294 e. The highest BCUT2D eigenvalue weighted by Gasteiger charge is 2.53. The molecule has 2 amide bonds. The summed E-state index contributed by atoms with van der Waals surface area (Å²) in [6, 6.07) is 14.4. The van der Waals surface area contributed by atoms with Crippen LogP contribution in [0, 0.1) is 0 Å². The first-order valence-corrected chi connectivity index (χ1v) is 8.17. The van der Waals surface area contributed by atoms with E-state index in [0.717, 1.165) is 0 Å². The topological polar surface area (TPSA) is 52.7 Å². The van der Waals surface area contributed by atoms with Crippen LogP contribution in [-0.4, -0.2) is 22.5 Å². The monoisotopic (exact) mass is 341 g/mol. The van der Waals surface area contributed by atoms with Gasteiger partial charge in [0.1, 0.15) is 5.66 Å². The van der Waals surface area contributed by atoms with E-state index in [1.807, 2.05) is 31.2 Å². The predicted octanol–water partition coefficient (Wildman–Crippen LogP) is 3.67. The van der Waals surface area contributed by atoms with Crippen LogP contribution in [0.1, 0.15) is 30.1 Å². The van der Waals surface area contributed by atoms with Gasteiger partial charge in [-0.2, -0.15) is 0 Å². The van der Waals surface area contributed by atoms with Gasteiger partial charge in [0, 0.05) is 17.9 Å². The van der Waals surface area contributed by atoms with Crippen LogP contribution in [0.4, 0.5) is 11.4 Å². The summed E-state index contributed by atoms with van der Waals surface area (Å²) in [6.07, 6.45) is 0.977. The lowest BCUT2D eigenvalue weighted by Gasteiger charge is -2.48. The van der Waals surface area contributed by atoms with Crippen molar-refractivity contribution in [2.45, 2.75) is 25.4 Å². The van der Waals surface area contributed by atoms with Crippen molar-refractivity contribution in [2.75, 3.05) is 10.3 Å². The molecule has 4 rings (SSSR count). The van der Waals surface area contributed by atoms with Gasteiger partial charge in [0.15, 0.2) is 0 Å². The second kappa shape index (κ2) is 5.24. The number of rotatable bonds is 2. The number of anilines is 2. The number of carbonyl (C=O) groups is 2. The molecule has 1 N–H and O–H groups in total. The molecule has 1 unspecified atom stereocenters. The molecular formula is C18H16ClN3O2. The Labute approximate surface area is 144 Å². The summed E-state index contributed by atoms with van der Waals surface area (Å²) < 4.78 is 0. The number of carbonyl (C=O) groups excluding carboxylic acids is 2. The molecule has 2 aromatic rings. The number of hydrogen-bond donors (Lipinski definition) is 1. The summed E-state index contributed by atoms with van der Waals surface area (Å²) >= 11 is 6.04. The Hall–Kier alpha value is -2.53. The lowest BCUT2D eigenvalue weighted by molar-refractivity contribution is -0.117. The molecule has 1 saturated heterocycles. The van der Waals surface area contributed by atoms with Gasteiger partial charge in [-0.1, -0.05) is 29.8 Å². The second-order valence-electron chi connectivity index (χ2n) is 6.23. The quantitative estimate of drug-likeness (QED) is 0.906. The number of halogens is 1. The van der Waals surface area contributed by atoms with Crippen molar-refractivity contribution in [1.82, 2.24) is 5.01 Å². The number of para-hydroxylation sites is 1. The number of nitrogens with one attached hydrogen (secondary N) is 1. The number of nitrogens with zero attached hydrogens (tertiary/aromatic N) is 2. The Morgan fingerprint density at radius 2 is 1.92 bits per heavy atom. The van der Waals surface area contributed by atoms with Gasteiger partial charge in [0.05, 0.1) is 16.9 Å². The maximum atomic E-state index is 13.1. The highest BCUT2D eigenvalue weighted by Crippen LogP contribution is 2.43. The molecule has 122 valence electrons. The molecule has 2 aliphatic rings. The number of fused-ring (bicyclic) bond motifs is 3. The van der Waals surface area contributed by atoms with Gasteiger partial charge in [-0.05, 0) is 37.3 Å². The van der Waals surface area contributed by atoms with E-state index < -0.39 is 5.66 Å². The second-order valence-corrected chi connectivity index (χ2v) is 6.66. The first-order valence-electron chi connectivity index (χ1n) is 7.79. The fourth-order valence-corrected chi connectivity index (χ4v) is 3.68.